The molecular formula is C19H23N3O. The Morgan fingerprint density at radius 1 is 1.09 bits per heavy atom. The fourth-order valence-corrected chi connectivity index (χ4v) is 3.13. The molecule has 120 valence electrons. The second-order valence-electron chi connectivity index (χ2n) is 7.43. The first-order chi connectivity index (χ1) is 10.9. The topological polar surface area (TPSA) is 58.4 Å². The van der Waals surface area contributed by atoms with Crippen LogP contribution in [-0.2, 0) is 6.42 Å². The quantitative estimate of drug-likeness (QED) is 0.660. The van der Waals surface area contributed by atoms with Crippen LogP contribution in [0.1, 0.15) is 56.9 Å². The molecule has 1 aliphatic rings. The Hall–Kier alpha value is -2.23. The van der Waals surface area contributed by atoms with E-state index in [1.165, 1.54) is 5.56 Å². The summed E-state index contributed by atoms with van der Waals surface area (Å²) in [6.45, 7) is 8.67. The van der Waals surface area contributed by atoms with E-state index in [9.17, 15) is 5.21 Å². The minimum atomic E-state index is 0.0453. The Bertz CT molecular complexity index is 746. The van der Waals surface area contributed by atoms with Gasteiger partial charge in [0.15, 0.2) is 0 Å². The van der Waals surface area contributed by atoms with Gasteiger partial charge >= 0.3 is 0 Å². The minimum Gasteiger partial charge on any atom is -0.411 e. The number of oxime groups is 1. The summed E-state index contributed by atoms with van der Waals surface area (Å²) in [5, 5.41) is 21.7. The van der Waals surface area contributed by atoms with Crippen molar-refractivity contribution in [3.05, 3.63) is 47.2 Å². The smallest absolute Gasteiger partial charge is 0.0936 e. The van der Waals surface area contributed by atoms with E-state index in [0.29, 0.717) is 11.6 Å². The van der Waals surface area contributed by atoms with Crippen LogP contribution in [0, 0.1) is 5.41 Å². The Kier molecular flexibility index (Phi) is 3.92. The summed E-state index contributed by atoms with van der Waals surface area (Å²) in [7, 11) is 0. The highest BCUT2D eigenvalue weighted by Gasteiger charge is 2.31. The summed E-state index contributed by atoms with van der Waals surface area (Å²) in [4.78, 5) is 0. The molecule has 1 aliphatic carbocycles. The molecule has 0 spiro atoms. The molecule has 0 saturated carbocycles. The molecule has 0 saturated heterocycles. The van der Waals surface area contributed by atoms with Crippen molar-refractivity contribution in [1.29, 1.82) is 0 Å². The van der Waals surface area contributed by atoms with Crippen LogP contribution in [0.4, 0.5) is 0 Å². The van der Waals surface area contributed by atoms with Crippen LogP contribution in [0.2, 0.25) is 0 Å². The zero-order valence-corrected chi connectivity index (χ0v) is 14.2. The lowest BCUT2D eigenvalue weighted by Gasteiger charge is -2.30. The maximum absolute atomic E-state index is 9.37. The van der Waals surface area contributed by atoms with E-state index in [4.69, 9.17) is 0 Å². The molecule has 3 rings (SSSR count). The van der Waals surface area contributed by atoms with Crippen molar-refractivity contribution in [2.24, 2.45) is 10.6 Å². The fourth-order valence-electron chi connectivity index (χ4n) is 3.13. The van der Waals surface area contributed by atoms with Crippen LogP contribution in [0.25, 0.3) is 11.3 Å². The normalized spacial score (nSPS) is 18.2. The number of benzene rings is 1. The molecule has 0 amide bonds. The van der Waals surface area contributed by atoms with E-state index in [0.717, 1.165) is 35.4 Å². The number of nitrogens with zero attached hydrogens (tertiary/aromatic N) is 3. The van der Waals surface area contributed by atoms with Crippen molar-refractivity contribution in [3.8, 4) is 11.3 Å². The van der Waals surface area contributed by atoms with Gasteiger partial charge in [0.05, 0.1) is 17.1 Å². The molecule has 4 heteroatoms. The fraction of sp³-hybridized carbons (Fsp3) is 0.421. The van der Waals surface area contributed by atoms with Crippen LogP contribution in [0.5, 0.6) is 0 Å². The van der Waals surface area contributed by atoms with Gasteiger partial charge in [-0.3, -0.25) is 0 Å². The summed E-state index contributed by atoms with van der Waals surface area (Å²) >= 11 is 0. The molecular weight excluding hydrogens is 286 g/mol. The molecule has 0 aliphatic heterocycles. The lowest BCUT2D eigenvalue weighted by Crippen LogP contribution is -2.28. The van der Waals surface area contributed by atoms with Gasteiger partial charge in [-0.15, -0.1) is 0 Å². The van der Waals surface area contributed by atoms with Crippen molar-refractivity contribution in [2.75, 3.05) is 0 Å². The molecule has 0 unspecified atom stereocenters. The van der Waals surface area contributed by atoms with Crippen molar-refractivity contribution >= 4 is 5.71 Å². The Balaban J connectivity index is 2.01. The second-order valence-corrected chi connectivity index (χ2v) is 7.43. The highest BCUT2D eigenvalue weighted by Crippen LogP contribution is 2.35. The highest BCUT2D eigenvalue weighted by molar-refractivity contribution is 6.03. The Labute approximate surface area is 137 Å². The third-order valence-corrected chi connectivity index (χ3v) is 4.47. The van der Waals surface area contributed by atoms with Crippen molar-refractivity contribution in [3.63, 3.8) is 0 Å². The van der Waals surface area contributed by atoms with Gasteiger partial charge in [0.1, 0.15) is 0 Å². The largest absolute Gasteiger partial charge is 0.411 e. The first kappa shape index (κ1) is 15.7. The third-order valence-electron chi connectivity index (χ3n) is 4.47. The molecule has 1 N–H and O–H groups in total. The van der Waals surface area contributed by atoms with E-state index in [-0.39, 0.29) is 5.41 Å². The van der Waals surface area contributed by atoms with Gasteiger partial charge in [-0.2, -0.15) is 10.2 Å². The monoisotopic (exact) mass is 309 g/mol. The number of aromatic nitrogens is 2. The average Bonchev–Trinajstić information content (AvgIpc) is 2.53. The lowest BCUT2D eigenvalue weighted by molar-refractivity contribution is 0.305. The summed E-state index contributed by atoms with van der Waals surface area (Å²) in [5.74, 6) is 0.508. The number of fused-ring (bicyclic) bond motifs is 1. The summed E-state index contributed by atoms with van der Waals surface area (Å²) < 4.78 is 0. The van der Waals surface area contributed by atoms with Crippen LogP contribution in [0.15, 0.2) is 35.5 Å². The Morgan fingerprint density at radius 3 is 2.39 bits per heavy atom. The van der Waals surface area contributed by atoms with E-state index in [1.54, 1.807) is 0 Å². The van der Waals surface area contributed by atoms with Crippen LogP contribution < -0.4 is 0 Å². The molecule has 1 aromatic carbocycles. The second kappa shape index (κ2) is 5.76. The number of rotatable bonds is 2. The average molecular weight is 309 g/mol. The van der Waals surface area contributed by atoms with Gasteiger partial charge in [0, 0.05) is 11.1 Å². The molecule has 2 aromatic rings. The molecule has 4 nitrogen and oxygen atoms in total. The Morgan fingerprint density at radius 2 is 1.78 bits per heavy atom. The molecule has 23 heavy (non-hydrogen) atoms. The van der Waals surface area contributed by atoms with E-state index in [2.05, 4.69) is 67.3 Å². The van der Waals surface area contributed by atoms with E-state index < -0.39 is 0 Å². The first-order valence-electron chi connectivity index (χ1n) is 8.08. The molecule has 1 aromatic heterocycles. The maximum Gasteiger partial charge on any atom is 0.0936 e. The molecule has 0 radical (unpaired) electrons. The van der Waals surface area contributed by atoms with Crippen molar-refractivity contribution < 1.29 is 5.21 Å². The van der Waals surface area contributed by atoms with Gasteiger partial charge in [-0.25, -0.2) is 0 Å². The van der Waals surface area contributed by atoms with Gasteiger partial charge in [0.25, 0.3) is 0 Å². The van der Waals surface area contributed by atoms with Crippen LogP contribution in [0.3, 0.4) is 0 Å². The van der Waals surface area contributed by atoms with Crippen molar-refractivity contribution in [1.82, 2.24) is 10.2 Å². The summed E-state index contributed by atoms with van der Waals surface area (Å²) in [5.41, 5.74) is 5.74. The van der Waals surface area contributed by atoms with E-state index in [1.807, 2.05) is 6.07 Å². The molecule has 0 bridgehead atoms. The van der Waals surface area contributed by atoms with Gasteiger partial charge in [-0.1, -0.05) is 57.1 Å². The van der Waals surface area contributed by atoms with Crippen LogP contribution >= 0.6 is 0 Å². The van der Waals surface area contributed by atoms with Crippen molar-refractivity contribution in [2.45, 2.75) is 46.5 Å². The predicted molar refractivity (Wildman–Crippen MR) is 92.0 cm³/mol. The van der Waals surface area contributed by atoms with E-state index >= 15 is 0 Å². The number of hydrogen-bond acceptors (Lipinski definition) is 4. The van der Waals surface area contributed by atoms with Gasteiger partial charge in [-0.05, 0) is 35.8 Å². The van der Waals surface area contributed by atoms with Gasteiger partial charge < -0.3 is 5.21 Å². The molecule has 0 atom stereocenters. The highest BCUT2D eigenvalue weighted by atomic mass is 16.4. The summed E-state index contributed by atoms with van der Waals surface area (Å²) in [6.07, 6.45) is 1.59. The van der Waals surface area contributed by atoms with Crippen LogP contribution in [-0.4, -0.2) is 21.1 Å². The zero-order chi connectivity index (χ0) is 16.6. The molecule has 1 heterocycles. The SMILES string of the molecule is CC(C)c1ccc(-c2cc3c(nn2)CC(C)(C)CC3=NO)cc1. The standard InChI is InChI=1S/C19H23N3O/c1-12(2)13-5-7-14(8-6-13)16-9-15-17(21-20-16)10-19(3,4)11-18(15)22-23/h5-9,12,23H,10-11H2,1-4H3. The zero-order valence-electron chi connectivity index (χ0n) is 14.2. The first-order valence-corrected chi connectivity index (χ1v) is 8.08. The summed E-state index contributed by atoms with van der Waals surface area (Å²) in [6, 6.07) is 10.4. The predicted octanol–water partition coefficient (Wildman–Crippen LogP) is 4.42. The third kappa shape index (κ3) is 3.11. The minimum absolute atomic E-state index is 0.0453. The number of hydrogen-bond donors (Lipinski definition) is 1. The molecule has 0 fully saturated rings. The lowest BCUT2D eigenvalue weighted by atomic mass is 9.75. The maximum atomic E-state index is 9.37. The van der Waals surface area contributed by atoms with Gasteiger partial charge in [0.2, 0.25) is 0 Å².